The van der Waals surface area contributed by atoms with E-state index in [1.165, 1.54) is 18.3 Å². The number of ether oxygens (including phenoxy) is 2. The highest BCUT2D eigenvalue weighted by Crippen LogP contribution is 2.36. The van der Waals surface area contributed by atoms with Crippen molar-refractivity contribution in [3.8, 4) is 11.5 Å². The molecule has 0 spiro atoms. The van der Waals surface area contributed by atoms with Crippen LogP contribution in [0.2, 0.25) is 0 Å². The van der Waals surface area contributed by atoms with Gasteiger partial charge < -0.3 is 9.47 Å². The molecular weight excluding hydrogens is 452 g/mol. The topological polar surface area (TPSA) is 77.0 Å². The summed E-state index contributed by atoms with van der Waals surface area (Å²) in [5.41, 5.74) is 0.660. The lowest BCUT2D eigenvalue weighted by molar-refractivity contribution is 0.174. The fourth-order valence-corrected chi connectivity index (χ4v) is 3.34. The molecule has 1 aliphatic heterocycles. The predicted molar refractivity (Wildman–Crippen MR) is 92.3 cm³/mol. The Labute approximate surface area is 149 Å². The summed E-state index contributed by atoms with van der Waals surface area (Å²) in [5.74, 6) is 1.22. The fraction of sp³-hybridized carbons (Fsp3) is 0.0714. The second-order valence-electron chi connectivity index (χ2n) is 4.53. The second kappa shape index (κ2) is 6.50. The molecule has 0 aromatic heterocycles. The molecule has 1 heterocycles. The van der Waals surface area contributed by atoms with Crippen LogP contribution in [0.4, 0.5) is 0 Å². The van der Waals surface area contributed by atoms with Crippen LogP contribution in [-0.4, -0.2) is 21.4 Å². The van der Waals surface area contributed by atoms with Crippen LogP contribution in [-0.2, 0) is 10.0 Å². The highest BCUT2D eigenvalue weighted by Gasteiger charge is 2.16. The molecule has 3 rings (SSSR count). The first-order valence-corrected chi connectivity index (χ1v) is 9.42. The van der Waals surface area contributed by atoms with Gasteiger partial charge in [-0.1, -0.05) is 15.9 Å². The Morgan fingerprint density at radius 2 is 1.74 bits per heavy atom. The number of hydrogen-bond donors (Lipinski definition) is 1. The molecule has 0 saturated carbocycles. The van der Waals surface area contributed by atoms with Gasteiger partial charge in [-0.25, -0.2) is 4.83 Å². The van der Waals surface area contributed by atoms with Gasteiger partial charge in [0.2, 0.25) is 6.79 Å². The maximum absolute atomic E-state index is 12.1. The third kappa shape index (κ3) is 3.67. The van der Waals surface area contributed by atoms with Gasteiger partial charge >= 0.3 is 0 Å². The van der Waals surface area contributed by atoms with E-state index < -0.39 is 10.0 Å². The van der Waals surface area contributed by atoms with Crippen LogP contribution in [0.25, 0.3) is 0 Å². The Hall–Kier alpha value is -1.58. The van der Waals surface area contributed by atoms with Gasteiger partial charge in [0.25, 0.3) is 10.0 Å². The first-order chi connectivity index (χ1) is 11.0. The maximum Gasteiger partial charge on any atom is 0.276 e. The van der Waals surface area contributed by atoms with Gasteiger partial charge in [-0.05, 0) is 52.3 Å². The van der Waals surface area contributed by atoms with Crippen molar-refractivity contribution in [3.05, 3.63) is 50.9 Å². The van der Waals surface area contributed by atoms with E-state index in [1.807, 2.05) is 0 Å². The summed E-state index contributed by atoms with van der Waals surface area (Å²) in [6.07, 6.45) is 1.39. The fourth-order valence-electron chi connectivity index (χ4n) is 1.86. The lowest BCUT2D eigenvalue weighted by atomic mass is 10.2. The Kier molecular flexibility index (Phi) is 4.60. The van der Waals surface area contributed by atoms with Gasteiger partial charge in [-0.3, -0.25) is 0 Å². The summed E-state index contributed by atoms with van der Waals surface area (Å²) in [6, 6.07) is 9.72. The minimum Gasteiger partial charge on any atom is -0.454 e. The van der Waals surface area contributed by atoms with Gasteiger partial charge in [0.1, 0.15) is 0 Å². The van der Waals surface area contributed by atoms with Crippen LogP contribution in [0.5, 0.6) is 11.5 Å². The van der Waals surface area contributed by atoms with E-state index in [0.717, 1.165) is 4.47 Å². The van der Waals surface area contributed by atoms with Crippen molar-refractivity contribution in [1.82, 2.24) is 4.83 Å². The number of halogens is 2. The Balaban J connectivity index is 1.77. The number of rotatable bonds is 4. The second-order valence-corrected chi connectivity index (χ2v) is 7.96. The molecule has 6 nitrogen and oxygen atoms in total. The first kappa shape index (κ1) is 16.3. The quantitative estimate of drug-likeness (QED) is 0.560. The molecule has 0 aliphatic carbocycles. The molecule has 1 N–H and O–H groups in total. The monoisotopic (exact) mass is 460 g/mol. The molecule has 1 aliphatic rings. The van der Waals surface area contributed by atoms with Crippen LogP contribution < -0.4 is 14.3 Å². The highest BCUT2D eigenvalue weighted by molar-refractivity contribution is 9.10. The summed E-state index contributed by atoms with van der Waals surface area (Å²) >= 11 is 6.63. The number of benzene rings is 2. The molecule has 2 aromatic rings. The molecular formula is C14H10Br2N2O4S. The molecule has 0 unspecified atom stereocenters. The zero-order valence-corrected chi connectivity index (χ0v) is 15.5. The number of nitrogens with one attached hydrogen (secondary N) is 1. The normalized spacial score (nSPS) is 13.5. The minimum atomic E-state index is -3.71. The molecule has 9 heteroatoms. The molecule has 0 atom stereocenters. The van der Waals surface area contributed by atoms with E-state index >= 15 is 0 Å². The van der Waals surface area contributed by atoms with Crippen LogP contribution in [0.1, 0.15) is 5.56 Å². The van der Waals surface area contributed by atoms with Crippen LogP contribution in [0, 0.1) is 0 Å². The van der Waals surface area contributed by atoms with E-state index in [0.29, 0.717) is 21.5 Å². The molecule has 2 aromatic carbocycles. The van der Waals surface area contributed by atoms with Crippen molar-refractivity contribution < 1.29 is 17.9 Å². The summed E-state index contributed by atoms with van der Waals surface area (Å²) < 4.78 is 36.3. The van der Waals surface area contributed by atoms with Crippen molar-refractivity contribution in [3.63, 3.8) is 0 Å². The van der Waals surface area contributed by atoms with E-state index in [9.17, 15) is 8.42 Å². The van der Waals surface area contributed by atoms with Crippen LogP contribution in [0.15, 0.2) is 55.3 Å². The molecule has 0 amide bonds. The molecule has 23 heavy (non-hydrogen) atoms. The van der Waals surface area contributed by atoms with Gasteiger partial charge in [-0.2, -0.15) is 13.5 Å². The highest BCUT2D eigenvalue weighted by atomic mass is 79.9. The molecule has 0 bridgehead atoms. The molecule has 120 valence electrons. The van der Waals surface area contributed by atoms with Gasteiger partial charge in [0, 0.05) is 14.5 Å². The number of hydrogen-bond acceptors (Lipinski definition) is 5. The standard InChI is InChI=1S/C14H10Br2N2O4S/c15-10-1-3-11(4-2-10)23(19,20)18-17-7-9-5-13-14(6-12(9)16)22-8-21-13/h1-7,18H,8H2. The zero-order valence-electron chi connectivity index (χ0n) is 11.5. The SMILES string of the molecule is O=S(=O)(NN=Cc1cc2c(cc1Br)OCO2)c1ccc(Br)cc1. The minimum absolute atomic E-state index is 0.127. The average Bonchev–Trinajstić information content (AvgIpc) is 2.95. The molecule has 0 radical (unpaired) electrons. The van der Waals surface area contributed by atoms with Crippen molar-refractivity contribution in [2.45, 2.75) is 4.90 Å². The summed E-state index contributed by atoms with van der Waals surface area (Å²) in [4.78, 5) is 2.30. The van der Waals surface area contributed by atoms with E-state index in [2.05, 4.69) is 41.8 Å². The van der Waals surface area contributed by atoms with E-state index in [4.69, 9.17) is 9.47 Å². The van der Waals surface area contributed by atoms with Crippen LogP contribution >= 0.6 is 31.9 Å². The Morgan fingerprint density at radius 1 is 1.09 bits per heavy atom. The predicted octanol–water partition coefficient (Wildman–Crippen LogP) is 3.25. The van der Waals surface area contributed by atoms with Crippen molar-refractivity contribution in [2.24, 2.45) is 5.10 Å². The van der Waals surface area contributed by atoms with E-state index in [1.54, 1.807) is 24.3 Å². The zero-order chi connectivity index (χ0) is 16.4. The summed E-state index contributed by atoms with van der Waals surface area (Å²) in [7, 11) is -3.71. The number of hydrazone groups is 1. The smallest absolute Gasteiger partial charge is 0.276 e. The average molecular weight is 462 g/mol. The summed E-state index contributed by atoms with van der Waals surface area (Å²) in [5, 5.41) is 3.80. The number of fused-ring (bicyclic) bond motifs is 1. The lowest BCUT2D eigenvalue weighted by Crippen LogP contribution is -2.18. The van der Waals surface area contributed by atoms with E-state index in [-0.39, 0.29) is 11.7 Å². The summed E-state index contributed by atoms with van der Waals surface area (Å²) in [6.45, 7) is 0.165. The molecule has 0 saturated heterocycles. The van der Waals surface area contributed by atoms with Gasteiger partial charge in [0.15, 0.2) is 11.5 Å². The Bertz CT molecular complexity index is 867. The largest absolute Gasteiger partial charge is 0.454 e. The van der Waals surface area contributed by atoms with Crippen molar-refractivity contribution >= 4 is 48.1 Å². The third-order valence-electron chi connectivity index (χ3n) is 2.99. The van der Waals surface area contributed by atoms with Crippen LogP contribution in [0.3, 0.4) is 0 Å². The third-order valence-corrected chi connectivity index (χ3v) is 5.45. The van der Waals surface area contributed by atoms with Crippen molar-refractivity contribution in [2.75, 3.05) is 6.79 Å². The lowest BCUT2D eigenvalue weighted by Gasteiger charge is -2.04. The van der Waals surface area contributed by atoms with Crippen molar-refractivity contribution in [1.29, 1.82) is 0 Å². The first-order valence-electron chi connectivity index (χ1n) is 6.35. The van der Waals surface area contributed by atoms with Gasteiger partial charge in [0.05, 0.1) is 11.1 Å². The Morgan fingerprint density at radius 3 is 2.43 bits per heavy atom. The number of nitrogens with zero attached hydrogens (tertiary/aromatic N) is 1. The molecule has 0 fully saturated rings. The number of sulfonamides is 1. The van der Waals surface area contributed by atoms with Gasteiger partial charge in [-0.15, -0.1) is 0 Å². The maximum atomic E-state index is 12.1.